The Hall–Kier alpha value is -0.283. The van der Waals surface area contributed by atoms with Gasteiger partial charge in [-0.3, -0.25) is 0 Å². The Morgan fingerprint density at radius 2 is 1.85 bits per heavy atom. The number of fused-ring (bicyclic) bond motifs is 1. The molecule has 1 fully saturated rings. The monoisotopic (exact) mass is 296 g/mol. The smallest absolute Gasteiger partial charge is 0.241 e. The molecule has 0 bridgehead atoms. The molecule has 1 saturated carbocycles. The number of rotatable bonds is 3. The number of ether oxygens (including phenoxy) is 1. The van der Waals surface area contributed by atoms with Crippen molar-refractivity contribution in [2.24, 2.45) is 11.3 Å². The summed E-state index contributed by atoms with van der Waals surface area (Å²) in [6, 6.07) is 0. The first-order valence-electron chi connectivity index (χ1n) is 8.07. The molecule has 2 aliphatic rings. The van der Waals surface area contributed by atoms with Crippen molar-refractivity contribution in [2.75, 3.05) is 0 Å². The van der Waals surface area contributed by atoms with E-state index in [1.54, 1.807) is 0 Å². The van der Waals surface area contributed by atoms with E-state index in [4.69, 9.17) is 9.16 Å². The Morgan fingerprint density at radius 3 is 2.40 bits per heavy atom. The van der Waals surface area contributed by atoms with Crippen molar-refractivity contribution < 1.29 is 9.16 Å². The third kappa shape index (κ3) is 3.67. The molecule has 2 nitrogen and oxygen atoms in total. The summed E-state index contributed by atoms with van der Waals surface area (Å²) in [5.74, 6) is 1.89. The van der Waals surface area contributed by atoms with Gasteiger partial charge >= 0.3 is 0 Å². The Bertz CT molecular complexity index is 389. The molecule has 0 unspecified atom stereocenters. The second-order valence-electron chi connectivity index (χ2n) is 8.76. The zero-order valence-corrected chi connectivity index (χ0v) is 15.4. The Kier molecular flexibility index (Phi) is 4.16. The molecule has 0 spiro atoms. The molecular formula is C17H32O2Si. The van der Waals surface area contributed by atoms with Crippen LogP contribution in [0.1, 0.15) is 53.4 Å². The van der Waals surface area contributed by atoms with E-state index in [0.717, 1.165) is 6.42 Å². The summed E-state index contributed by atoms with van der Waals surface area (Å²) < 4.78 is 12.6. The maximum Gasteiger partial charge on any atom is 0.241 e. The van der Waals surface area contributed by atoms with Crippen LogP contribution in [0.25, 0.3) is 0 Å². The quantitative estimate of drug-likeness (QED) is 0.673. The van der Waals surface area contributed by atoms with Gasteiger partial charge in [-0.15, -0.1) is 0 Å². The van der Waals surface area contributed by atoms with Crippen molar-refractivity contribution >= 4 is 8.32 Å². The summed E-state index contributed by atoms with van der Waals surface area (Å²) in [6.45, 7) is 15.7. The minimum Gasteiger partial charge on any atom is -0.548 e. The zero-order chi connectivity index (χ0) is 15.2. The van der Waals surface area contributed by atoms with Gasteiger partial charge in [-0.25, -0.2) is 0 Å². The molecule has 3 atom stereocenters. The molecule has 0 amide bonds. The van der Waals surface area contributed by atoms with Crippen LogP contribution in [0.4, 0.5) is 0 Å². The lowest BCUT2D eigenvalue weighted by atomic mass is 9.71. The minimum atomic E-state index is -1.47. The van der Waals surface area contributed by atoms with Gasteiger partial charge in [-0.2, -0.15) is 0 Å². The Balaban J connectivity index is 2.10. The van der Waals surface area contributed by atoms with E-state index in [1.165, 1.54) is 25.0 Å². The topological polar surface area (TPSA) is 18.5 Å². The van der Waals surface area contributed by atoms with E-state index in [9.17, 15) is 0 Å². The molecule has 116 valence electrons. The predicted molar refractivity (Wildman–Crippen MR) is 87.2 cm³/mol. The number of allylic oxidation sites excluding steroid dienone is 2. The van der Waals surface area contributed by atoms with Crippen LogP contribution in [0.15, 0.2) is 11.8 Å². The van der Waals surface area contributed by atoms with Crippen molar-refractivity contribution in [3.8, 4) is 0 Å². The van der Waals surface area contributed by atoms with Gasteiger partial charge in [-0.05, 0) is 71.7 Å². The van der Waals surface area contributed by atoms with Crippen LogP contribution < -0.4 is 0 Å². The fourth-order valence-electron chi connectivity index (χ4n) is 3.65. The van der Waals surface area contributed by atoms with Gasteiger partial charge in [0, 0.05) is 11.8 Å². The molecule has 0 aromatic heterocycles. The van der Waals surface area contributed by atoms with Gasteiger partial charge in [0.2, 0.25) is 8.32 Å². The first-order valence-corrected chi connectivity index (χ1v) is 11.5. The van der Waals surface area contributed by atoms with E-state index in [0.29, 0.717) is 17.4 Å². The maximum absolute atomic E-state index is 6.35. The first-order chi connectivity index (χ1) is 9.00. The summed E-state index contributed by atoms with van der Waals surface area (Å²) in [5, 5.41) is 0. The molecule has 2 rings (SSSR count). The van der Waals surface area contributed by atoms with E-state index >= 15 is 0 Å². The van der Waals surface area contributed by atoms with Crippen molar-refractivity contribution in [3.05, 3.63) is 11.8 Å². The molecule has 0 N–H and O–H groups in total. The van der Waals surface area contributed by atoms with Gasteiger partial charge in [0.1, 0.15) is 0 Å². The number of hydrogen-bond donors (Lipinski definition) is 0. The predicted octanol–water partition coefficient (Wildman–Crippen LogP) is 5.12. The molecule has 2 aliphatic carbocycles. The van der Waals surface area contributed by atoms with Gasteiger partial charge in [-0.1, -0.05) is 6.92 Å². The summed E-state index contributed by atoms with van der Waals surface area (Å²) in [4.78, 5) is 0. The van der Waals surface area contributed by atoms with Crippen LogP contribution in [-0.4, -0.2) is 20.0 Å². The highest BCUT2D eigenvalue weighted by Gasteiger charge is 2.49. The molecule has 3 heteroatoms. The molecular weight excluding hydrogens is 264 g/mol. The van der Waals surface area contributed by atoms with Crippen molar-refractivity contribution in [3.63, 3.8) is 0 Å². The van der Waals surface area contributed by atoms with Crippen LogP contribution in [0.5, 0.6) is 0 Å². The second kappa shape index (κ2) is 5.17. The maximum atomic E-state index is 6.35. The van der Waals surface area contributed by atoms with E-state index in [1.807, 2.05) is 0 Å². The molecule has 20 heavy (non-hydrogen) atoms. The van der Waals surface area contributed by atoms with Crippen molar-refractivity contribution in [1.29, 1.82) is 0 Å². The molecule has 0 aromatic rings. The largest absolute Gasteiger partial charge is 0.548 e. The first kappa shape index (κ1) is 16.1. The summed E-state index contributed by atoms with van der Waals surface area (Å²) in [7, 11) is -1.47. The standard InChI is InChI=1S/C17H32O2Si/c1-16(2,3)18-15-9-8-13-12-14(19-20(5,6)7)10-11-17(13,15)4/h12-13,15H,8-11H2,1-7H3/t13-,15+,17+/m1/s1. The lowest BCUT2D eigenvalue weighted by Crippen LogP contribution is -2.40. The normalized spacial score (nSPS) is 34.6. The lowest BCUT2D eigenvalue weighted by molar-refractivity contribution is -0.109. The molecule has 0 radical (unpaired) electrons. The van der Waals surface area contributed by atoms with E-state index in [2.05, 4.69) is 53.4 Å². The highest BCUT2D eigenvalue weighted by Crippen LogP contribution is 2.53. The fourth-order valence-corrected chi connectivity index (χ4v) is 4.60. The molecule has 0 aliphatic heterocycles. The van der Waals surface area contributed by atoms with Gasteiger partial charge in [0.25, 0.3) is 0 Å². The molecule has 0 heterocycles. The summed E-state index contributed by atoms with van der Waals surface area (Å²) in [6.07, 6.45) is 7.55. The SMILES string of the molecule is CC(C)(C)O[C@H]1CC[C@@H]2C=C(O[Si](C)(C)C)CC[C@]12C. The van der Waals surface area contributed by atoms with Crippen LogP contribution in [0.2, 0.25) is 19.6 Å². The molecule has 0 aromatic carbocycles. The van der Waals surface area contributed by atoms with Crippen molar-refractivity contribution in [1.82, 2.24) is 0 Å². The van der Waals surface area contributed by atoms with Crippen LogP contribution >= 0.6 is 0 Å². The van der Waals surface area contributed by atoms with Gasteiger partial charge in [0.05, 0.1) is 17.5 Å². The average molecular weight is 297 g/mol. The minimum absolute atomic E-state index is 0.0403. The third-order valence-corrected chi connectivity index (χ3v) is 5.43. The Labute approximate surface area is 126 Å². The lowest BCUT2D eigenvalue weighted by Gasteiger charge is -2.42. The van der Waals surface area contributed by atoms with Crippen molar-refractivity contribution in [2.45, 2.75) is 84.7 Å². The summed E-state index contributed by atoms with van der Waals surface area (Å²) >= 11 is 0. The highest BCUT2D eigenvalue weighted by atomic mass is 28.4. The van der Waals surface area contributed by atoms with E-state index < -0.39 is 8.32 Å². The van der Waals surface area contributed by atoms with Crippen LogP contribution in [0, 0.1) is 11.3 Å². The van der Waals surface area contributed by atoms with Gasteiger partial charge < -0.3 is 9.16 Å². The second-order valence-corrected chi connectivity index (χ2v) is 13.2. The Morgan fingerprint density at radius 1 is 1.20 bits per heavy atom. The van der Waals surface area contributed by atoms with Crippen LogP contribution in [0.3, 0.4) is 0 Å². The number of hydrogen-bond acceptors (Lipinski definition) is 2. The highest BCUT2D eigenvalue weighted by molar-refractivity contribution is 6.70. The zero-order valence-electron chi connectivity index (χ0n) is 14.4. The van der Waals surface area contributed by atoms with Crippen LogP contribution in [-0.2, 0) is 9.16 Å². The fraction of sp³-hybridized carbons (Fsp3) is 0.882. The van der Waals surface area contributed by atoms with E-state index in [-0.39, 0.29) is 5.60 Å². The van der Waals surface area contributed by atoms with Gasteiger partial charge in [0.15, 0.2) is 0 Å². The third-order valence-electron chi connectivity index (χ3n) is 4.55. The molecule has 0 saturated heterocycles. The summed E-state index contributed by atoms with van der Waals surface area (Å²) in [5.41, 5.74) is 0.265. The average Bonchev–Trinajstić information content (AvgIpc) is 2.52.